The molecule has 5 nitrogen and oxygen atoms in total. The van der Waals surface area contributed by atoms with E-state index < -0.39 is 0 Å². The summed E-state index contributed by atoms with van der Waals surface area (Å²) in [5.74, 6) is 0.927. The number of ether oxygens (including phenoxy) is 1. The molecule has 0 saturated heterocycles. The average Bonchev–Trinajstić information content (AvgIpc) is 2.93. The molecule has 118 valence electrons. The molecule has 0 saturated carbocycles. The van der Waals surface area contributed by atoms with Crippen molar-refractivity contribution < 1.29 is 4.74 Å². The highest BCUT2D eigenvalue weighted by Crippen LogP contribution is 2.30. The van der Waals surface area contributed by atoms with Crippen LogP contribution in [0.2, 0.25) is 0 Å². The van der Waals surface area contributed by atoms with E-state index >= 15 is 0 Å². The zero-order valence-electron chi connectivity index (χ0n) is 12.0. The zero-order chi connectivity index (χ0) is 14.8. The standard InChI is InChI=1S/C15H17N3O2S.ClH/c16-5-1-6-18-12(9-14(19)17-15(18)21)10-2-3-13-11(8-10)4-7-20-13;/h2-3,8-9H,1,4-7,16H2,(H,17,19,21);1H. The maximum Gasteiger partial charge on any atom is 0.252 e. The van der Waals surface area contributed by atoms with Crippen LogP contribution in [0, 0.1) is 4.77 Å². The summed E-state index contributed by atoms with van der Waals surface area (Å²) < 4.78 is 7.88. The summed E-state index contributed by atoms with van der Waals surface area (Å²) in [6.45, 7) is 1.99. The Bertz CT molecular complexity index is 785. The first kappa shape index (κ1) is 16.7. The van der Waals surface area contributed by atoms with Gasteiger partial charge in [0.25, 0.3) is 5.56 Å². The first-order valence-electron chi connectivity index (χ1n) is 6.99. The zero-order valence-corrected chi connectivity index (χ0v) is 13.6. The normalized spacial score (nSPS) is 12.4. The Hall–Kier alpha value is -1.63. The minimum absolute atomic E-state index is 0. The largest absolute Gasteiger partial charge is 0.493 e. The van der Waals surface area contributed by atoms with Crippen LogP contribution in [0.25, 0.3) is 11.3 Å². The molecule has 1 aromatic heterocycles. The van der Waals surface area contributed by atoms with Crippen molar-refractivity contribution in [3.63, 3.8) is 0 Å². The van der Waals surface area contributed by atoms with Crippen molar-refractivity contribution in [2.24, 2.45) is 5.73 Å². The minimum atomic E-state index is -0.184. The number of hydrogen-bond acceptors (Lipinski definition) is 4. The van der Waals surface area contributed by atoms with E-state index in [1.807, 2.05) is 16.7 Å². The molecule has 1 aliphatic rings. The molecule has 0 spiro atoms. The van der Waals surface area contributed by atoms with E-state index in [2.05, 4.69) is 11.1 Å². The van der Waals surface area contributed by atoms with E-state index in [0.29, 0.717) is 24.5 Å². The van der Waals surface area contributed by atoms with Gasteiger partial charge in [-0.2, -0.15) is 0 Å². The summed E-state index contributed by atoms with van der Waals surface area (Å²) in [4.78, 5) is 14.4. The molecule has 2 heterocycles. The molecule has 2 aromatic rings. The van der Waals surface area contributed by atoms with Crippen LogP contribution < -0.4 is 16.0 Å². The Labute approximate surface area is 139 Å². The number of hydrogen-bond donors (Lipinski definition) is 2. The van der Waals surface area contributed by atoms with Gasteiger partial charge in [-0.05, 0) is 54.5 Å². The number of nitrogens with zero attached hydrogens (tertiary/aromatic N) is 1. The fraction of sp³-hybridized carbons (Fsp3) is 0.333. The van der Waals surface area contributed by atoms with Crippen molar-refractivity contribution in [3.8, 4) is 17.0 Å². The first-order valence-corrected chi connectivity index (χ1v) is 7.40. The predicted octanol–water partition coefficient (Wildman–Crippen LogP) is 2.28. The van der Waals surface area contributed by atoms with Crippen LogP contribution in [0.1, 0.15) is 12.0 Å². The van der Waals surface area contributed by atoms with Crippen LogP contribution in [-0.2, 0) is 13.0 Å². The third-order valence-corrected chi connectivity index (χ3v) is 3.93. The van der Waals surface area contributed by atoms with Crippen LogP contribution in [0.5, 0.6) is 5.75 Å². The fourth-order valence-corrected chi connectivity index (χ4v) is 2.87. The highest BCUT2D eigenvalue weighted by molar-refractivity contribution is 7.71. The lowest BCUT2D eigenvalue weighted by molar-refractivity contribution is 0.357. The Morgan fingerprint density at radius 2 is 2.18 bits per heavy atom. The molecule has 0 fully saturated rings. The second kappa shape index (κ2) is 7.09. The van der Waals surface area contributed by atoms with Crippen LogP contribution in [0.3, 0.4) is 0 Å². The van der Waals surface area contributed by atoms with Gasteiger partial charge >= 0.3 is 0 Å². The maximum absolute atomic E-state index is 11.8. The molecule has 0 aliphatic carbocycles. The predicted molar refractivity (Wildman–Crippen MR) is 91.4 cm³/mol. The van der Waals surface area contributed by atoms with Crippen molar-refractivity contribution >= 4 is 24.6 Å². The molecule has 0 amide bonds. The van der Waals surface area contributed by atoms with Crippen molar-refractivity contribution in [3.05, 3.63) is 45.0 Å². The van der Waals surface area contributed by atoms with Crippen LogP contribution in [0.4, 0.5) is 0 Å². The number of aromatic nitrogens is 2. The van der Waals surface area contributed by atoms with Gasteiger partial charge in [0.05, 0.1) is 12.3 Å². The van der Waals surface area contributed by atoms with E-state index in [9.17, 15) is 4.79 Å². The number of halogens is 1. The van der Waals surface area contributed by atoms with E-state index in [1.165, 1.54) is 5.56 Å². The molecule has 1 aromatic carbocycles. The van der Waals surface area contributed by atoms with E-state index in [0.717, 1.165) is 29.8 Å². The molecule has 3 rings (SSSR count). The molecule has 0 unspecified atom stereocenters. The van der Waals surface area contributed by atoms with Gasteiger partial charge in [-0.1, -0.05) is 0 Å². The van der Waals surface area contributed by atoms with E-state index in [-0.39, 0.29) is 18.0 Å². The second-order valence-electron chi connectivity index (χ2n) is 5.04. The summed E-state index contributed by atoms with van der Waals surface area (Å²) in [5.41, 5.74) is 8.37. The van der Waals surface area contributed by atoms with Crippen LogP contribution in [-0.4, -0.2) is 22.7 Å². The molecule has 1 aliphatic heterocycles. The lowest BCUT2D eigenvalue weighted by atomic mass is 10.1. The molecule has 0 atom stereocenters. The Morgan fingerprint density at radius 1 is 1.36 bits per heavy atom. The van der Waals surface area contributed by atoms with Gasteiger partial charge in [-0.25, -0.2) is 0 Å². The van der Waals surface area contributed by atoms with Gasteiger partial charge in [0.1, 0.15) is 5.75 Å². The Kier molecular flexibility index (Phi) is 5.39. The topological polar surface area (TPSA) is 73.0 Å². The van der Waals surface area contributed by atoms with Gasteiger partial charge in [-0.3, -0.25) is 9.78 Å². The van der Waals surface area contributed by atoms with Crippen molar-refractivity contribution in [2.45, 2.75) is 19.4 Å². The van der Waals surface area contributed by atoms with E-state index in [4.69, 9.17) is 22.7 Å². The lowest BCUT2D eigenvalue weighted by Gasteiger charge is -2.14. The molecular weight excluding hydrogens is 322 g/mol. The van der Waals surface area contributed by atoms with Gasteiger partial charge in [0, 0.05) is 19.0 Å². The smallest absolute Gasteiger partial charge is 0.252 e. The van der Waals surface area contributed by atoms with Gasteiger partial charge < -0.3 is 15.0 Å². The monoisotopic (exact) mass is 339 g/mol. The number of aromatic amines is 1. The van der Waals surface area contributed by atoms with Crippen LogP contribution >= 0.6 is 24.6 Å². The number of benzene rings is 1. The number of rotatable bonds is 4. The Morgan fingerprint density at radius 3 is 2.95 bits per heavy atom. The number of nitrogens with two attached hydrogens (primary N) is 1. The first-order chi connectivity index (χ1) is 10.2. The minimum Gasteiger partial charge on any atom is -0.493 e. The van der Waals surface area contributed by atoms with Gasteiger partial charge in [0.15, 0.2) is 4.77 Å². The third-order valence-electron chi connectivity index (χ3n) is 3.60. The summed E-state index contributed by atoms with van der Waals surface area (Å²) >= 11 is 5.28. The summed E-state index contributed by atoms with van der Waals surface area (Å²) in [6.07, 6.45) is 1.71. The van der Waals surface area contributed by atoms with Gasteiger partial charge in [0.2, 0.25) is 0 Å². The van der Waals surface area contributed by atoms with E-state index in [1.54, 1.807) is 6.07 Å². The quantitative estimate of drug-likeness (QED) is 0.838. The number of H-pyrrole nitrogens is 1. The third kappa shape index (κ3) is 3.24. The fourth-order valence-electron chi connectivity index (χ4n) is 2.58. The maximum atomic E-state index is 11.8. The van der Waals surface area contributed by atoms with Gasteiger partial charge in [-0.15, -0.1) is 12.4 Å². The summed E-state index contributed by atoms with van der Waals surface area (Å²) in [6, 6.07) is 7.58. The molecule has 22 heavy (non-hydrogen) atoms. The van der Waals surface area contributed by atoms with Crippen molar-refractivity contribution in [1.82, 2.24) is 9.55 Å². The highest BCUT2D eigenvalue weighted by Gasteiger charge is 2.14. The number of fused-ring (bicyclic) bond motifs is 1. The molecule has 0 bridgehead atoms. The molecule has 0 radical (unpaired) electrons. The second-order valence-corrected chi connectivity index (χ2v) is 5.43. The highest BCUT2D eigenvalue weighted by atomic mass is 35.5. The van der Waals surface area contributed by atoms with Crippen molar-refractivity contribution in [1.29, 1.82) is 0 Å². The number of nitrogens with one attached hydrogen (secondary N) is 1. The summed E-state index contributed by atoms with van der Waals surface area (Å²) in [5, 5.41) is 0. The molecule has 7 heteroatoms. The Balaban J connectivity index is 0.00000176. The van der Waals surface area contributed by atoms with Crippen molar-refractivity contribution in [2.75, 3.05) is 13.2 Å². The summed E-state index contributed by atoms with van der Waals surface area (Å²) in [7, 11) is 0. The SMILES string of the molecule is Cl.NCCCn1c(-c2ccc3c(c2)CCO3)cc(=O)[nH]c1=S. The van der Waals surface area contributed by atoms with Crippen LogP contribution in [0.15, 0.2) is 29.1 Å². The lowest BCUT2D eigenvalue weighted by Crippen LogP contribution is -2.16. The molecular formula is C15H18ClN3O2S. The average molecular weight is 340 g/mol. The molecule has 3 N–H and O–H groups in total.